The molecule has 0 aromatic heterocycles. The van der Waals surface area contributed by atoms with E-state index >= 15 is 0 Å². The van der Waals surface area contributed by atoms with Crippen LogP contribution >= 0.6 is 0 Å². The zero-order valence-electron chi connectivity index (χ0n) is 13.5. The molecule has 1 aliphatic heterocycles. The molecule has 0 bridgehead atoms. The highest BCUT2D eigenvalue weighted by molar-refractivity contribution is 5.66. The predicted octanol–water partition coefficient (Wildman–Crippen LogP) is 5.36. The molecule has 0 radical (unpaired) electrons. The van der Waals surface area contributed by atoms with E-state index in [0.717, 1.165) is 0 Å². The van der Waals surface area contributed by atoms with Crippen molar-refractivity contribution in [3.63, 3.8) is 0 Å². The van der Waals surface area contributed by atoms with Crippen LogP contribution in [0, 0.1) is 5.92 Å². The summed E-state index contributed by atoms with van der Waals surface area (Å²) in [5, 5.41) is 4.04. The molecule has 1 unspecified atom stereocenters. The summed E-state index contributed by atoms with van der Waals surface area (Å²) in [4.78, 5) is 0. The molecule has 2 heteroatoms. The molecular formula is C15H34N2. The van der Waals surface area contributed by atoms with Gasteiger partial charge in [0.25, 0.3) is 0 Å². The van der Waals surface area contributed by atoms with Crippen molar-refractivity contribution in [3.8, 4) is 0 Å². The van der Waals surface area contributed by atoms with E-state index in [9.17, 15) is 0 Å². The predicted molar refractivity (Wildman–Crippen MR) is 82.4 cm³/mol. The van der Waals surface area contributed by atoms with Gasteiger partial charge < -0.3 is 0 Å². The number of nitrogens with zero attached hydrogens (tertiary/aromatic N) is 1. The summed E-state index contributed by atoms with van der Waals surface area (Å²) in [5.74, 6) is 0.524. The summed E-state index contributed by atoms with van der Waals surface area (Å²) in [6.45, 7) is 18.5. The topological polar surface area (TPSA) is 24.4 Å². The van der Waals surface area contributed by atoms with Crippen LogP contribution in [0.3, 0.4) is 0 Å². The normalized spacial score (nSPS) is 16.4. The number of hydrogen-bond acceptors (Lipinski definition) is 2. The minimum atomic E-state index is 0.524. The van der Waals surface area contributed by atoms with Crippen molar-refractivity contribution in [2.75, 3.05) is 0 Å². The summed E-state index contributed by atoms with van der Waals surface area (Å²) in [6.07, 6.45) is 4.37. The smallest absolute Gasteiger partial charge is 0.0316 e. The van der Waals surface area contributed by atoms with Gasteiger partial charge in [-0.1, -0.05) is 61.8 Å². The Morgan fingerprint density at radius 2 is 1.59 bits per heavy atom. The van der Waals surface area contributed by atoms with Gasteiger partial charge in [0.2, 0.25) is 0 Å². The third-order valence-electron chi connectivity index (χ3n) is 2.08. The molecular weight excluding hydrogens is 208 g/mol. The fraction of sp³-hybridized carbons (Fsp3) is 0.800. The fourth-order valence-corrected chi connectivity index (χ4v) is 1.43. The van der Waals surface area contributed by atoms with Crippen LogP contribution in [0.25, 0.3) is 0 Å². The highest BCUT2D eigenvalue weighted by Gasteiger charge is 2.11. The Morgan fingerprint density at radius 3 is 1.94 bits per heavy atom. The molecule has 0 aliphatic carbocycles. The summed E-state index contributed by atoms with van der Waals surface area (Å²) >= 11 is 0. The summed E-state index contributed by atoms with van der Waals surface area (Å²) in [6, 6.07) is 0. The maximum absolute atomic E-state index is 4.04. The maximum atomic E-state index is 4.04. The average molecular weight is 242 g/mol. The molecule has 0 saturated heterocycles. The lowest BCUT2D eigenvalue weighted by Crippen LogP contribution is -2.17. The largest absolute Gasteiger partial charge is 0.283 e. The summed E-state index contributed by atoms with van der Waals surface area (Å²) < 4.78 is 0. The van der Waals surface area contributed by atoms with Gasteiger partial charge in [0.15, 0.2) is 0 Å². The molecule has 0 spiro atoms. The summed E-state index contributed by atoms with van der Waals surface area (Å²) in [7, 11) is 0. The molecule has 1 aliphatic rings. The quantitative estimate of drug-likeness (QED) is 0.692. The van der Waals surface area contributed by atoms with Crippen LogP contribution in [0.5, 0.6) is 0 Å². The van der Waals surface area contributed by atoms with Crippen LogP contribution in [0.2, 0.25) is 0 Å². The van der Waals surface area contributed by atoms with Crippen molar-refractivity contribution in [1.82, 2.24) is 5.43 Å². The number of rotatable bonds is 2. The van der Waals surface area contributed by atoms with E-state index in [2.05, 4.69) is 31.3 Å². The second-order valence-corrected chi connectivity index (χ2v) is 3.08. The van der Waals surface area contributed by atoms with E-state index in [1.54, 1.807) is 0 Å². The molecule has 1 atom stereocenters. The average Bonchev–Trinajstić information content (AvgIpc) is 2.41. The van der Waals surface area contributed by atoms with Crippen LogP contribution in [-0.2, 0) is 0 Å². The highest BCUT2D eigenvalue weighted by Crippen LogP contribution is 2.20. The number of hydrogen-bond donors (Lipinski definition) is 1. The minimum absolute atomic E-state index is 0.524. The van der Waals surface area contributed by atoms with Crippen molar-refractivity contribution in [3.05, 3.63) is 11.3 Å². The molecule has 0 fully saturated rings. The maximum Gasteiger partial charge on any atom is 0.0316 e. The first-order chi connectivity index (χ1) is 8.25. The standard InChI is InChI=1S/C9H16N2.3C2H6/c1-4-5-9-7(2)6-10-11-8(9)3;3*1-2/h6-7,11H,4-5H2,1-3H3;3*1-2H3. The molecule has 1 N–H and O–H groups in total. The van der Waals surface area contributed by atoms with E-state index < -0.39 is 0 Å². The Hall–Kier alpha value is -0.790. The number of nitrogens with one attached hydrogen (secondary N) is 1. The van der Waals surface area contributed by atoms with E-state index in [1.807, 2.05) is 47.8 Å². The monoisotopic (exact) mass is 242 g/mol. The Morgan fingerprint density at radius 1 is 1.12 bits per heavy atom. The van der Waals surface area contributed by atoms with Crippen LogP contribution in [-0.4, -0.2) is 6.21 Å². The van der Waals surface area contributed by atoms with E-state index in [4.69, 9.17) is 0 Å². The second kappa shape index (κ2) is 17.6. The van der Waals surface area contributed by atoms with Gasteiger partial charge in [-0.25, -0.2) is 0 Å². The Bertz CT molecular complexity index is 193. The zero-order valence-corrected chi connectivity index (χ0v) is 13.5. The third-order valence-corrected chi connectivity index (χ3v) is 2.08. The number of allylic oxidation sites excluding steroid dienone is 2. The first-order valence-electron chi connectivity index (χ1n) is 7.24. The SMILES string of the molecule is CC.CC.CC.CCCC1=C(C)NN=CC1C. The van der Waals surface area contributed by atoms with Crippen LogP contribution in [0.15, 0.2) is 16.4 Å². The van der Waals surface area contributed by atoms with Crippen molar-refractivity contribution < 1.29 is 0 Å². The molecule has 0 aromatic carbocycles. The first-order valence-corrected chi connectivity index (χ1v) is 7.24. The minimum Gasteiger partial charge on any atom is -0.283 e. The zero-order chi connectivity index (χ0) is 14.3. The van der Waals surface area contributed by atoms with Gasteiger partial charge in [0.05, 0.1) is 0 Å². The molecule has 2 nitrogen and oxygen atoms in total. The second-order valence-electron chi connectivity index (χ2n) is 3.08. The third kappa shape index (κ3) is 10.1. The van der Waals surface area contributed by atoms with Gasteiger partial charge >= 0.3 is 0 Å². The summed E-state index contributed by atoms with van der Waals surface area (Å²) in [5.41, 5.74) is 5.74. The van der Waals surface area contributed by atoms with Gasteiger partial charge in [-0.3, -0.25) is 5.43 Å². The number of hydrazone groups is 1. The molecule has 0 aromatic rings. The van der Waals surface area contributed by atoms with Crippen LogP contribution in [0.1, 0.15) is 75.2 Å². The van der Waals surface area contributed by atoms with Crippen molar-refractivity contribution >= 4 is 6.21 Å². The molecule has 0 saturated carbocycles. The molecule has 0 amide bonds. The molecule has 1 heterocycles. The molecule has 104 valence electrons. The van der Waals surface area contributed by atoms with Crippen molar-refractivity contribution in [2.24, 2.45) is 11.0 Å². The van der Waals surface area contributed by atoms with Crippen molar-refractivity contribution in [2.45, 2.75) is 75.2 Å². The van der Waals surface area contributed by atoms with E-state index in [0.29, 0.717) is 5.92 Å². The van der Waals surface area contributed by atoms with Gasteiger partial charge in [0, 0.05) is 17.8 Å². The van der Waals surface area contributed by atoms with Gasteiger partial charge in [-0.15, -0.1) is 0 Å². The van der Waals surface area contributed by atoms with Crippen LogP contribution in [0.4, 0.5) is 0 Å². The fourth-order valence-electron chi connectivity index (χ4n) is 1.43. The lowest BCUT2D eigenvalue weighted by atomic mass is 9.95. The van der Waals surface area contributed by atoms with E-state index in [1.165, 1.54) is 24.1 Å². The van der Waals surface area contributed by atoms with Crippen molar-refractivity contribution in [1.29, 1.82) is 0 Å². The van der Waals surface area contributed by atoms with Crippen LogP contribution < -0.4 is 5.43 Å². The lowest BCUT2D eigenvalue weighted by Gasteiger charge is -2.19. The lowest BCUT2D eigenvalue weighted by molar-refractivity contribution is 0.710. The Balaban J connectivity index is -0.000000285. The highest BCUT2D eigenvalue weighted by atomic mass is 15.3. The first kappa shape index (κ1) is 21.5. The Kier molecular flexibility index (Phi) is 22.2. The van der Waals surface area contributed by atoms with Gasteiger partial charge in [-0.2, -0.15) is 5.10 Å². The van der Waals surface area contributed by atoms with E-state index in [-0.39, 0.29) is 0 Å². The van der Waals surface area contributed by atoms with Gasteiger partial charge in [0.1, 0.15) is 0 Å². The Labute approximate surface area is 110 Å². The van der Waals surface area contributed by atoms with Gasteiger partial charge in [-0.05, 0) is 18.9 Å². The molecule has 17 heavy (non-hydrogen) atoms. The molecule has 1 rings (SSSR count).